The molecule has 1 heterocycles. The van der Waals surface area contributed by atoms with E-state index >= 15 is 0 Å². The lowest BCUT2D eigenvalue weighted by Crippen LogP contribution is -2.48. The summed E-state index contributed by atoms with van der Waals surface area (Å²) in [6.45, 7) is 7.93. The standard InChI is InChI=1S/C13H19FN2.ClH/c1-10-3-4-12(7-13(10)14)9-16-6-5-15-11(2)8-16;/h3-4,7,11,15H,5-6,8-9H2,1-2H3;1H. The van der Waals surface area contributed by atoms with Crippen LogP contribution < -0.4 is 5.32 Å². The molecule has 1 aliphatic rings. The average Bonchev–Trinajstić information content (AvgIpc) is 2.24. The summed E-state index contributed by atoms with van der Waals surface area (Å²) >= 11 is 0. The maximum absolute atomic E-state index is 13.4. The van der Waals surface area contributed by atoms with E-state index in [4.69, 9.17) is 0 Å². The number of rotatable bonds is 2. The topological polar surface area (TPSA) is 15.3 Å². The molecular weight excluding hydrogens is 239 g/mol. The molecule has 0 spiro atoms. The molecule has 1 aliphatic heterocycles. The molecule has 0 bridgehead atoms. The fourth-order valence-corrected chi connectivity index (χ4v) is 2.15. The Balaban J connectivity index is 0.00000144. The summed E-state index contributed by atoms with van der Waals surface area (Å²) in [7, 11) is 0. The van der Waals surface area contributed by atoms with Crippen molar-refractivity contribution in [3.63, 3.8) is 0 Å². The lowest BCUT2D eigenvalue weighted by atomic mass is 10.1. The zero-order chi connectivity index (χ0) is 11.5. The first kappa shape index (κ1) is 14.4. The summed E-state index contributed by atoms with van der Waals surface area (Å²) in [5, 5.41) is 3.40. The van der Waals surface area contributed by atoms with Crippen LogP contribution in [0.3, 0.4) is 0 Å². The van der Waals surface area contributed by atoms with Crippen LogP contribution in [0.2, 0.25) is 0 Å². The average molecular weight is 259 g/mol. The normalized spacial score (nSPS) is 21.0. The summed E-state index contributed by atoms with van der Waals surface area (Å²) in [6, 6.07) is 6.06. The second kappa shape index (κ2) is 6.34. The van der Waals surface area contributed by atoms with Gasteiger partial charge in [0.2, 0.25) is 0 Å². The third kappa shape index (κ3) is 3.95. The van der Waals surface area contributed by atoms with Gasteiger partial charge in [-0.2, -0.15) is 0 Å². The van der Waals surface area contributed by atoms with Crippen LogP contribution in [0, 0.1) is 12.7 Å². The number of nitrogens with one attached hydrogen (secondary N) is 1. The Hall–Kier alpha value is -0.640. The van der Waals surface area contributed by atoms with Crippen molar-refractivity contribution in [3.05, 3.63) is 35.1 Å². The predicted molar refractivity (Wildman–Crippen MR) is 71.1 cm³/mol. The number of hydrogen-bond donors (Lipinski definition) is 1. The molecule has 0 amide bonds. The van der Waals surface area contributed by atoms with Gasteiger partial charge in [-0.15, -0.1) is 12.4 Å². The van der Waals surface area contributed by atoms with Gasteiger partial charge < -0.3 is 5.32 Å². The highest BCUT2D eigenvalue weighted by atomic mass is 35.5. The van der Waals surface area contributed by atoms with E-state index < -0.39 is 0 Å². The van der Waals surface area contributed by atoms with Crippen molar-refractivity contribution in [2.75, 3.05) is 19.6 Å². The fourth-order valence-electron chi connectivity index (χ4n) is 2.15. The smallest absolute Gasteiger partial charge is 0.126 e. The summed E-state index contributed by atoms with van der Waals surface area (Å²) in [4.78, 5) is 2.37. The third-order valence-corrected chi connectivity index (χ3v) is 3.10. The van der Waals surface area contributed by atoms with Crippen molar-refractivity contribution in [2.45, 2.75) is 26.4 Å². The van der Waals surface area contributed by atoms with Crippen molar-refractivity contribution in [3.8, 4) is 0 Å². The lowest BCUT2D eigenvalue weighted by Gasteiger charge is -2.31. The van der Waals surface area contributed by atoms with Crippen molar-refractivity contribution in [1.29, 1.82) is 0 Å². The Morgan fingerprint density at radius 3 is 2.88 bits per heavy atom. The third-order valence-electron chi connectivity index (χ3n) is 3.10. The van der Waals surface area contributed by atoms with Crippen LogP contribution in [0.4, 0.5) is 4.39 Å². The molecular formula is C13H20ClFN2. The van der Waals surface area contributed by atoms with Crippen molar-refractivity contribution in [2.24, 2.45) is 0 Å². The van der Waals surface area contributed by atoms with Gasteiger partial charge >= 0.3 is 0 Å². The Morgan fingerprint density at radius 2 is 2.24 bits per heavy atom. The number of piperazine rings is 1. The van der Waals surface area contributed by atoms with Crippen LogP contribution in [-0.2, 0) is 6.54 Å². The summed E-state index contributed by atoms with van der Waals surface area (Å²) in [5.74, 6) is -0.0966. The van der Waals surface area contributed by atoms with E-state index in [1.54, 1.807) is 13.0 Å². The first-order valence-electron chi connectivity index (χ1n) is 5.86. The monoisotopic (exact) mass is 258 g/mol. The van der Waals surface area contributed by atoms with Gasteiger partial charge in [0.05, 0.1) is 0 Å². The van der Waals surface area contributed by atoms with E-state index in [-0.39, 0.29) is 18.2 Å². The van der Waals surface area contributed by atoms with E-state index in [1.807, 2.05) is 12.1 Å². The highest BCUT2D eigenvalue weighted by molar-refractivity contribution is 5.85. The Labute approximate surface area is 109 Å². The molecule has 1 unspecified atom stereocenters. The minimum atomic E-state index is -0.0966. The van der Waals surface area contributed by atoms with E-state index in [2.05, 4.69) is 17.1 Å². The quantitative estimate of drug-likeness (QED) is 0.876. The van der Waals surface area contributed by atoms with Gasteiger partial charge in [0.1, 0.15) is 5.82 Å². The number of nitrogens with zero attached hydrogens (tertiary/aromatic N) is 1. The number of hydrogen-bond acceptors (Lipinski definition) is 2. The van der Waals surface area contributed by atoms with Crippen molar-refractivity contribution >= 4 is 12.4 Å². The van der Waals surface area contributed by atoms with E-state index in [9.17, 15) is 4.39 Å². The second-order valence-electron chi connectivity index (χ2n) is 4.67. The van der Waals surface area contributed by atoms with Crippen LogP contribution in [0.5, 0.6) is 0 Å². The van der Waals surface area contributed by atoms with Gasteiger partial charge in [-0.1, -0.05) is 12.1 Å². The molecule has 1 N–H and O–H groups in total. The highest BCUT2D eigenvalue weighted by Crippen LogP contribution is 2.12. The molecule has 1 atom stereocenters. The second-order valence-corrected chi connectivity index (χ2v) is 4.67. The minimum Gasteiger partial charge on any atom is -0.312 e. The zero-order valence-corrected chi connectivity index (χ0v) is 11.2. The van der Waals surface area contributed by atoms with Gasteiger partial charge in [-0.25, -0.2) is 4.39 Å². The van der Waals surface area contributed by atoms with Crippen LogP contribution in [0.25, 0.3) is 0 Å². The van der Waals surface area contributed by atoms with Crippen molar-refractivity contribution < 1.29 is 4.39 Å². The first-order chi connectivity index (χ1) is 7.65. The SMILES string of the molecule is Cc1ccc(CN2CCNC(C)C2)cc1F.Cl. The molecule has 1 aromatic rings. The maximum Gasteiger partial charge on any atom is 0.126 e. The molecule has 0 radical (unpaired) electrons. The van der Waals surface area contributed by atoms with Crippen LogP contribution in [0.15, 0.2) is 18.2 Å². The Bertz CT molecular complexity index is 370. The van der Waals surface area contributed by atoms with E-state index in [1.165, 1.54) is 0 Å². The lowest BCUT2D eigenvalue weighted by molar-refractivity contribution is 0.199. The fraction of sp³-hybridized carbons (Fsp3) is 0.538. The molecule has 0 aliphatic carbocycles. The summed E-state index contributed by atoms with van der Waals surface area (Å²) in [6.07, 6.45) is 0. The highest BCUT2D eigenvalue weighted by Gasteiger charge is 2.15. The van der Waals surface area contributed by atoms with Gasteiger partial charge in [0, 0.05) is 32.2 Å². The maximum atomic E-state index is 13.4. The van der Waals surface area contributed by atoms with Crippen LogP contribution >= 0.6 is 12.4 Å². The molecule has 1 saturated heterocycles. The Kier molecular flexibility index (Phi) is 5.37. The molecule has 96 valence electrons. The zero-order valence-electron chi connectivity index (χ0n) is 10.4. The van der Waals surface area contributed by atoms with Gasteiger partial charge in [0.25, 0.3) is 0 Å². The van der Waals surface area contributed by atoms with Crippen LogP contribution in [-0.4, -0.2) is 30.6 Å². The van der Waals surface area contributed by atoms with E-state index in [0.29, 0.717) is 6.04 Å². The number of benzene rings is 1. The molecule has 0 saturated carbocycles. The Morgan fingerprint density at radius 1 is 1.47 bits per heavy atom. The molecule has 4 heteroatoms. The van der Waals surface area contributed by atoms with Crippen LogP contribution in [0.1, 0.15) is 18.1 Å². The van der Waals surface area contributed by atoms with Gasteiger partial charge in [0.15, 0.2) is 0 Å². The molecule has 1 fully saturated rings. The molecule has 2 nitrogen and oxygen atoms in total. The molecule has 1 aromatic carbocycles. The minimum absolute atomic E-state index is 0. The predicted octanol–water partition coefficient (Wildman–Crippen LogP) is 2.35. The molecule has 2 rings (SSSR count). The van der Waals surface area contributed by atoms with Crippen molar-refractivity contribution in [1.82, 2.24) is 10.2 Å². The summed E-state index contributed by atoms with van der Waals surface area (Å²) in [5.41, 5.74) is 1.79. The first-order valence-corrected chi connectivity index (χ1v) is 5.86. The summed E-state index contributed by atoms with van der Waals surface area (Å²) < 4.78 is 13.4. The van der Waals surface area contributed by atoms with E-state index in [0.717, 1.165) is 37.3 Å². The van der Waals surface area contributed by atoms with Gasteiger partial charge in [-0.3, -0.25) is 4.90 Å². The number of aryl methyl sites for hydroxylation is 1. The molecule has 0 aromatic heterocycles. The van der Waals surface area contributed by atoms with Gasteiger partial charge in [-0.05, 0) is 31.0 Å². The number of halogens is 2. The largest absolute Gasteiger partial charge is 0.312 e. The molecule has 17 heavy (non-hydrogen) atoms.